The number of hydrogen-bond acceptors (Lipinski definition) is 4. The third-order valence-corrected chi connectivity index (χ3v) is 2.63. The van der Waals surface area contributed by atoms with Crippen molar-refractivity contribution in [2.45, 2.75) is 12.5 Å². The Morgan fingerprint density at radius 2 is 2.14 bits per heavy atom. The topological polar surface area (TPSA) is 61.7 Å². The lowest BCUT2D eigenvalue weighted by molar-refractivity contribution is 0.0858. The van der Waals surface area contributed by atoms with Crippen molar-refractivity contribution in [2.24, 2.45) is 5.16 Å². The number of oxime groups is 1. The first-order valence-corrected chi connectivity index (χ1v) is 5.22. The maximum atomic E-state index is 10.6. The standard InChI is InChI=1S/C9H9NO3S/c11-14(12)9-6-8(13-10-9)7-4-2-1-3-5-7/h1-5,8H,6H2,(H,11,12)/p-1. The maximum Gasteiger partial charge on any atom is 0.158 e. The molecule has 0 amide bonds. The molecule has 1 heterocycles. The minimum atomic E-state index is -2.26. The first-order valence-electron chi connectivity index (χ1n) is 4.14. The molecule has 0 saturated carbocycles. The number of benzene rings is 1. The average Bonchev–Trinajstić information content (AvgIpc) is 2.68. The second kappa shape index (κ2) is 3.89. The lowest BCUT2D eigenvalue weighted by Gasteiger charge is -2.07. The monoisotopic (exact) mass is 210 g/mol. The molecule has 0 aromatic heterocycles. The van der Waals surface area contributed by atoms with Crippen LogP contribution in [0.15, 0.2) is 35.5 Å². The van der Waals surface area contributed by atoms with Crippen LogP contribution in [0.4, 0.5) is 0 Å². The van der Waals surface area contributed by atoms with Crippen molar-refractivity contribution in [1.82, 2.24) is 0 Å². The largest absolute Gasteiger partial charge is 0.767 e. The molecule has 1 aromatic rings. The highest BCUT2D eigenvalue weighted by Crippen LogP contribution is 2.27. The molecular weight excluding hydrogens is 202 g/mol. The average molecular weight is 210 g/mol. The molecule has 14 heavy (non-hydrogen) atoms. The van der Waals surface area contributed by atoms with Crippen LogP contribution in [0.25, 0.3) is 0 Å². The van der Waals surface area contributed by atoms with Gasteiger partial charge in [-0.05, 0) is 16.6 Å². The number of rotatable bonds is 1. The molecule has 2 atom stereocenters. The maximum absolute atomic E-state index is 10.6. The predicted molar refractivity (Wildman–Crippen MR) is 51.2 cm³/mol. The van der Waals surface area contributed by atoms with Crippen molar-refractivity contribution in [3.63, 3.8) is 0 Å². The zero-order valence-electron chi connectivity index (χ0n) is 7.25. The fraction of sp³-hybridized carbons (Fsp3) is 0.222. The molecular formula is C9H8NO3S-. The summed E-state index contributed by atoms with van der Waals surface area (Å²) in [7, 11) is 0. The predicted octanol–water partition coefficient (Wildman–Crippen LogP) is 1.34. The Labute approximate surface area is 83.9 Å². The summed E-state index contributed by atoms with van der Waals surface area (Å²) in [5.74, 6) is 0. The van der Waals surface area contributed by atoms with Crippen LogP contribution in [0, 0.1) is 0 Å². The molecule has 74 valence electrons. The van der Waals surface area contributed by atoms with Crippen LogP contribution in [-0.2, 0) is 15.9 Å². The first kappa shape index (κ1) is 9.36. The fourth-order valence-electron chi connectivity index (χ4n) is 1.30. The van der Waals surface area contributed by atoms with Crippen LogP contribution in [0.5, 0.6) is 0 Å². The molecule has 2 unspecified atom stereocenters. The molecule has 0 fully saturated rings. The molecule has 1 aliphatic rings. The van der Waals surface area contributed by atoms with E-state index < -0.39 is 11.1 Å². The molecule has 1 aliphatic heterocycles. The summed E-state index contributed by atoms with van der Waals surface area (Å²) in [5.41, 5.74) is 0.941. The first-order chi connectivity index (χ1) is 6.77. The van der Waals surface area contributed by atoms with E-state index in [1.54, 1.807) is 0 Å². The summed E-state index contributed by atoms with van der Waals surface area (Å²) in [5, 5.41) is 3.58. The van der Waals surface area contributed by atoms with Gasteiger partial charge in [-0.2, -0.15) is 0 Å². The van der Waals surface area contributed by atoms with Crippen molar-refractivity contribution in [1.29, 1.82) is 0 Å². The SMILES string of the molecule is O=S([O-])C1=NOC(c2ccccc2)C1. The van der Waals surface area contributed by atoms with Crippen molar-refractivity contribution in [2.75, 3.05) is 0 Å². The quantitative estimate of drug-likeness (QED) is 0.657. The van der Waals surface area contributed by atoms with E-state index in [0.29, 0.717) is 6.42 Å². The minimum absolute atomic E-state index is 0.0823. The van der Waals surface area contributed by atoms with Crippen LogP contribution in [0.3, 0.4) is 0 Å². The summed E-state index contributed by atoms with van der Waals surface area (Å²) in [6.07, 6.45) is 0.0595. The lowest BCUT2D eigenvalue weighted by atomic mass is 10.1. The Morgan fingerprint density at radius 1 is 1.43 bits per heavy atom. The van der Waals surface area contributed by atoms with E-state index in [1.165, 1.54) is 0 Å². The van der Waals surface area contributed by atoms with E-state index >= 15 is 0 Å². The Hall–Kier alpha value is -1.20. The van der Waals surface area contributed by atoms with Crippen molar-refractivity contribution < 1.29 is 13.6 Å². The summed E-state index contributed by atoms with van der Waals surface area (Å²) >= 11 is -2.26. The van der Waals surface area contributed by atoms with E-state index in [2.05, 4.69) is 5.16 Å². The molecule has 1 aromatic carbocycles. The molecule has 0 radical (unpaired) electrons. The molecule has 0 spiro atoms. The van der Waals surface area contributed by atoms with E-state index in [4.69, 9.17) is 4.84 Å². The summed E-state index contributed by atoms with van der Waals surface area (Å²) in [4.78, 5) is 5.01. The van der Waals surface area contributed by atoms with Gasteiger partial charge in [-0.3, -0.25) is 4.21 Å². The van der Waals surface area contributed by atoms with Gasteiger partial charge in [0.15, 0.2) is 6.10 Å². The normalized spacial score (nSPS) is 22.6. The molecule has 4 nitrogen and oxygen atoms in total. The second-order valence-electron chi connectivity index (χ2n) is 2.93. The van der Waals surface area contributed by atoms with Gasteiger partial charge in [-0.1, -0.05) is 35.5 Å². The summed E-state index contributed by atoms with van der Waals surface area (Å²) in [6, 6.07) is 9.43. The lowest BCUT2D eigenvalue weighted by Crippen LogP contribution is -2.05. The third-order valence-electron chi connectivity index (χ3n) is 2.01. The van der Waals surface area contributed by atoms with Gasteiger partial charge in [0, 0.05) is 6.42 Å². The highest BCUT2D eigenvalue weighted by Gasteiger charge is 2.22. The van der Waals surface area contributed by atoms with E-state index in [1.807, 2.05) is 30.3 Å². The van der Waals surface area contributed by atoms with Crippen LogP contribution in [0.1, 0.15) is 18.1 Å². The van der Waals surface area contributed by atoms with Crippen LogP contribution < -0.4 is 0 Å². The summed E-state index contributed by atoms with van der Waals surface area (Å²) in [6.45, 7) is 0. The molecule has 0 saturated heterocycles. The molecule has 2 rings (SSSR count). The van der Waals surface area contributed by atoms with E-state index in [-0.39, 0.29) is 11.1 Å². The van der Waals surface area contributed by atoms with Gasteiger partial charge in [0.25, 0.3) is 0 Å². The van der Waals surface area contributed by atoms with Crippen molar-refractivity contribution >= 4 is 16.1 Å². The Balaban J connectivity index is 2.10. The van der Waals surface area contributed by atoms with Crippen LogP contribution in [0.2, 0.25) is 0 Å². The van der Waals surface area contributed by atoms with Gasteiger partial charge in [0.2, 0.25) is 0 Å². The molecule has 0 aliphatic carbocycles. The highest BCUT2D eigenvalue weighted by atomic mass is 32.2. The molecule has 5 heteroatoms. The zero-order chi connectivity index (χ0) is 9.97. The van der Waals surface area contributed by atoms with Gasteiger partial charge in [0.1, 0.15) is 5.04 Å². The third kappa shape index (κ3) is 1.83. The number of hydrogen-bond donors (Lipinski definition) is 0. The zero-order valence-corrected chi connectivity index (χ0v) is 8.07. The second-order valence-corrected chi connectivity index (χ2v) is 3.87. The van der Waals surface area contributed by atoms with Crippen LogP contribution >= 0.6 is 0 Å². The van der Waals surface area contributed by atoms with Gasteiger partial charge in [-0.25, -0.2) is 0 Å². The summed E-state index contributed by atoms with van der Waals surface area (Å²) < 4.78 is 21.1. The van der Waals surface area contributed by atoms with Gasteiger partial charge in [-0.15, -0.1) is 0 Å². The number of nitrogens with zero attached hydrogens (tertiary/aromatic N) is 1. The fourth-order valence-corrected chi connectivity index (χ4v) is 1.69. The van der Waals surface area contributed by atoms with Gasteiger partial charge in [0.05, 0.1) is 0 Å². The van der Waals surface area contributed by atoms with Crippen LogP contribution in [-0.4, -0.2) is 13.8 Å². The Bertz CT molecular complexity index is 377. The van der Waals surface area contributed by atoms with Gasteiger partial charge >= 0.3 is 0 Å². The van der Waals surface area contributed by atoms with E-state index in [9.17, 15) is 8.76 Å². The minimum Gasteiger partial charge on any atom is -0.767 e. The molecule has 0 bridgehead atoms. The Kier molecular flexibility index (Phi) is 2.60. The Morgan fingerprint density at radius 3 is 2.71 bits per heavy atom. The van der Waals surface area contributed by atoms with Crippen molar-refractivity contribution in [3.8, 4) is 0 Å². The smallest absolute Gasteiger partial charge is 0.158 e. The highest BCUT2D eigenvalue weighted by molar-refractivity contribution is 7.95. The van der Waals surface area contributed by atoms with Gasteiger partial charge < -0.3 is 9.39 Å². The molecule has 0 N–H and O–H groups in total. The van der Waals surface area contributed by atoms with E-state index in [0.717, 1.165) is 5.56 Å². The van der Waals surface area contributed by atoms with Crippen molar-refractivity contribution in [3.05, 3.63) is 35.9 Å².